The minimum absolute atomic E-state index is 0.0918. The SMILES string of the molecule is COc1ccc(COc2ccsc2C(=O)Nc2ccc(F)cc2F)cc1. The smallest absolute Gasteiger partial charge is 0.269 e. The Morgan fingerprint density at radius 2 is 1.88 bits per heavy atom. The summed E-state index contributed by atoms with van der Waals surface area (Å²) in [5.74, 6) is -0.928. The Balaban J connectivity index is 1.68. The predicted octanol–water partition coefficient (Wildman–Crippen LogP) is 4.87. The van der Waals surface area contributed by atoms with Gasteiger partial charge in [-0.05, 0) is 41.3 Å². The van der Waals surface area contributed by atoms with Crippen molar-refractivity contribution in [2.75, 3.05) is 12.4 Å². The van der Waals surface area contributed by atoms with Crippen molar-refractivity contribution in [3.63, 3.8) is 0 Å². The summed E-state index contributed by atoms with van der Waals surface area (Å²) >= 11 is 1.17. The number of methoxy groups -OCH3 is 1. The van der Waals surface area contributed by atoms with Gasteiger partial charge in [0.2, 0.25) is 0 Å². The van der Waals surface area contributed by atoms with Crippen LogP contribution in [0.15, 0.2) is 53.9 Å². The number of halogens is 2. The second-order valence-electron chi connectivity index (χ2n) is 5.33. The van der Waals surface area contributed by atoms with E-state index in [9.17, 15) is 13.6 Å². The third-order valence-corrected chi connectivity index (χ3v) is 4.46. The van der Waals surface area contributed by atoms with Gasteiger partial charge < -0.3 is 14.8 Å². The van der Waals surface area contributed by atoms with Gasteiger partial charge >= 0.3 is 0 Å². The molecule has 1 amide bonds. The number of rotatable bonds is 6. The first-order chi connectivity index (χ1) is 12.6. The largest absolute Gasteiger partial charge is 0.497 e. The molecule has 0 fully saturated rings. The van der Waals surface area contributed by atoms with E-state index in [-0.39, 0.29) is 12.3 Å². The van der Waals surface area contributed by atoms with Crippen LogP contribution >= 0.6 is 11.3 Å². The zero-order valence-electron chi connectivity index (χ0n) is 13.8. The van der Waals surface area contributed by atoms with Gasteiger partial charge in [0.15, 0.2) is 0 Å². The first-order valence-electron chi connectivity index (χ1n) is 7.66. The van der Waals surface area contributed by atoms with E-state index in [2.05, 4.69) is 5.32 Å². The van der Waals surface area contributed by atoms with E-state index >= 15 is 0 Å². The molecular weight excluding hydrogens is 360 g/mol. The quantitative estimate of drug-likeness (QED) is 0.669. The maximum atomic E-state index is 13.7. The molecule has 0 radical (unpaired) electrons. The molecule has 3 rings (SSSR count). The summed E-state index contributed by atoms with van der Waals surface area (Å²) < 4.78 is 37.4. The van der Waals surface area contributed by atoms with Gasteiger partial charge in [-0.2, -0.15) is 0 Å². The summed E-state index contributed by atoms with van der Waals surface area (Å²) in [7, 11) is 1.59. The number of thiophene rings is 1. The van der Waals surface area contributed by atoms with Gasteiger partial charge in [0.25, 0.3) is 5.91 Å². The number of nitrogens with one attached hydrogen (secondary N) is 1. The van der Waals surface area contributed by atoms with Crippen LogP contribution in [0.1, 0.15) is 15.2 Å². The second kappa shape index (κ2) is 7.97. The fourth-order valence-corrected chi connectivity index (χ4v) is 2.96. The van der Waals surface area contributed by atoms with Crippen LogP contribution in [0.5, 0.6) is 11.5 Å². The van der Waals surface area contributed by atoms with Gasteiger partial charge in [-0.25, -0.2) is 8.78 Å². The minimum atomic E-state index is -0.837. The summed E-state index contributed by atoms with van der Waals surface area (Å²) in [5.41, 5.74) is 0.818. The van der Waals surface area contributed by atoms with E-state index in [0.29, 0.717) is 16.7 Å². The van der Waals surface area contributed by atoms with Gasteiger partial charge in [0.1, 0.15) is 34.6 Å². The summed E-state index contributed by atoms with van der Waals surface area (Å²) in [6.45, 7) is 0.270. The lowest BCUT2D eigenvalue weighted by Crippen LogP contribution is -2.13. The first kappa shape index (κ1) is 17.9. The van der Waals surface area contributed by atoms with Crippen LogP contribution in [0, 0.1) is 11.6 Å². The summed E-state index contributed by atoms with van der Waals surface area (Å²) in [5, 5.41) is 4.13. The maximum Gasteiger partial charge on any atom is 0.269 e. The molecule has 0 atom stereocenters. The molecule has 1 heterocycles. The fourth-order valence-electron chi connectivity index (χ4n) is 2.23. The van der Waals surface area contributed by atoms with Crippen molar-refractivity contribution in [3.05, 3.63) is 76.0 Å². The third kappa shape index (κ3) is 4.18. The molecule has 7 heteroatoms. The maximum absolute atomic E-state index is 13.7. The number of hydrogen-bond acceptors (Lipinski definition) is 4. The monoisotopic (exact) mass is 375 g/mol. The fraction of sp³-hybridized carbons (Fsp3) is 0.105. The van der Waals surface area contributed by atoms with Crippen LogP contribution in [-0.4, -0.2) is 13.0 Å². The van der Waals surface area contributed by atoms with Crippen LogP contribution in [0.25, 0.3) is 0 Å². The van der Waals surface area contributed by atoms with Crippen molar-refractivity contribution in [2.24, 2.45) is 0 Å². The molecule has 0 bridgehead atoms. The van der Waals surface area contributed by atoms with E-state index in [1.165, 1.54) is 17.4 Å². The molecule has 4 nitrogen and oxygen atoms in total. The van der Waals surface area contributed by atoms with Crippen molar-refractivity contribution in [2.45, 2.75) is 6.61 Å². The molecule has 0 spiro atoms. The van der Waals surface area contributed by atoms with Crippen LogP contribution in [0.2, 0.25) is 0 Å². The molecule has 0 unspecified atom stereocenters. The topological polar surface area (TPSA) is 47.6 Å². The minimum Gasteiger partial charge on any atom is -0.497 e. The highest BCUT2D eigenvalue weighted by atomic mass is 32.1. The standard InChI is InChI=1S/C19H15F2NO3S/c1-24-14-5-2-12(3-6-14)11-25-17-8-9-26-18(17)19(23)22-16-7-4-13(20)10-15(16)21/h2-10H,11H2,1H3,(H,22,23). The third-order valence-electron chi connectivity index (χ3n) is 3.57. The molecule has 0 saturated carbocycles. The number of benzene rings is 2. The van der Waals surface area contributed by atoms with Crippen molar-refractivity contribution < 1.29 is 23.0 Å². The Morgan fingerprint density at radius 3 is 2.58 bits per heavy atom. The van der Waals surface area contributed by atoms with E-state index in [1.807, 2.05) is 24.3 Å². The van der Waals surface area contributed by atoms with Crippen molar-refractivity contribution >= 4 is 22.9 Å². The Kier molecular flexibility index (Phi) is 5.48. The molecule has 2 aromatic carbocycles. The number of carbonyl (C=O) groups is 1. The highest BCUT2D eigenvalue weighted by Gasteiger charge is 2.16. The van der Waals surface area contributed by atoms with Crippen LogP contribution in [-0.2, 0) is 6.61 Å². The van der Waals surface area contributed by atoms with Crippen LogP contribution in [0.4, 0.5) is 14.5 Å². The van der Waals surface area contributed by atoms with Gasteiger partial charge in [0.05, 0.1) is 12.8 Å². The lowest BCUT2D eigenvalue weighted by molar-refractivity contribution is 0.102. The second-order valence-corrected chi connectivity index (χ2v) is 6.25. The summed E-state index contributed by atoms with van der Waals surface area (Å²) in [6, 6.07) is 12.0. The molecule has 0 aliphatic heterocycles. The van der Waals surface area contributed by atoms with Crippen molar-refractivity contribution in [1.29, 1.82) is 0 Å². The average molecular weight is 375 g/mol. The Labute approximate surface area is 153 Å². The molecule has 0 saturated heterocycles. The molecule has 1 aromatic heterocycles. The number of ether oxygens (including phenoxy) is 2. The Bertz CT molecular complexity index is 909. The van der Waals surface area contributed by atoms with Crippen LogP contribution < -0.4 is 14.8 Å². The molecule has 1 N–H and O–H groups in total. The highest BCUT2D eigenvalue weighted by Crippen LogP contribution is 2.27. The number of hydrogen-bond donors (Lipinski definition) is 1. The van der Waals surface area contributed by atoms with E-state index in [1.54, 1.807) is 18.6 Å². The van der Waals surface area contributed by atoms with Crippen molar-refractivity contribution in [3.8, 4) is 11.5 Å². The number of amides is 1. The zero-order valence-corrected chi connectivity index (χ0v) is 14.6. The molecule has 0 aliphatic carbocycles. The van der Waals surface area contributed by atoms with Gasteiger partial charge in [-0.1, -0.05) is 12.1 Å². The van der Waals surface area contributed by atoms with E-state index in [4.69, 9.17) is 9.47 Å². The number of anilines is 1. The molecular formula is C19H15F2NO3S. The van der Waals surface area contributed by atoms with Crippen LogP contribution in [0.3, 0.4) is 0 Å². The molecule has 134 valence electrons. The summed E-state index contributed by atoms with van der Waals surface area (Å²) in [6.07, 6.45) is 0. The number of carbonyl (C=O) groups excluding carboxylic acids is 1. The summed E-state index contributed by atoms with van der Waals surface area (Å²) in [4.78, 5) is 12.7. The van der Waals surface area contributed by atoms with Gasteiger partial charge in [-0.15, -0.1) is 11.3 Å². The lowest BCUT2D eigenvalue weighted by Gasteiger charge is -2.09. The molecule has 3 aromatic rings. The normalized spacial score (nSPS) is 10.4. The van der Waals surface area contributed by atoms with Crippen molar-refractivity contribution in [1.82, 2.24) is 0 Å². The lowest BCUT2D eigenvalue weighted by atomic mass is 10.2. The predicted molar refractivity (Wildman–Crippen MR) is 96.0 cm³/mol. The molecule has 0 aliphatic rings. The zero-order chi connectivity index (χ0) is 18.5. The highest BCUT2D eigenvalue weighted by molar-refractivity contribution is 7.12. The van der Waals surface area contributed by atoms with Gasteiger partial charge in [0, 0.05) is 6.07 Å². The first-order valence-corrected chi connectivity index (χ1v) is 8.54. The molecule has 26 heavy (non-hydrogen) atoms. The van der Waals surface area contributed by atoms with Gasteiger partial charge in [-0.3, -0.25) is 4.79 Å². The average Bonchev–Trinajstić information content (AvgIpc) is 3.11. The van der Waals surface area contributed by atoms with E-state index < -0.39 is 17.5 Å². The Hall–Kier alpha value is -2.93. The Morgan fingerprint density at radius 1 is 1.12 bits per heavy atom. The van der Waals surface area contributed by atoms with E-state index in [0.717, 1.165) is 17.4 Å².